The molecule has 0 aliphatic rings. The van der Waals surface area contributed by atoms with Gasteiger partial charge in [-0.3, -0.25) is 4.79 Å². The molecule has 3 rings (SSSR count). The van der Waals surface area contributed by atoms with Crippen LogP contribution in [0.4, 0.5) is 0 Å². The molecular formula is C22H23N5O3. The molecule has 0 fully saturated rings. The number of tetrazole rings is 1. The van der Waals surface area contributed by atoms with Crippen molar-refractivity contribution in [3.8, 4) is 0 Å². The summed E-state index contributed by atoms with van der Waals surface area (Å²) >= 11 is 0. The lowest BCUT2D eigenvalue weighted by Gasteiger charge is -2.09. The van der Waals surface area contributed by atoms with Crippen LogP contribution in [-0.2, 0) is 16.1 Å². The van der Waals surface area contributed by atoms with E-state index in [4.69, 9.17) is 4.74 Å². The summed E-state index contributed by atoms with van der Waals surface area (Å²) in [5, 5.41) is 11.3. The maximum absolute atomic E-state index is 12.8. The van der Waals surface area contributed by atoms with Gasteiger partial charge < -0.3 is 9.30 Å². The molecule has 0 N–H and O–H groups in total. The average molecular weight is 405 g/mol. The number of allylic oxidation sites excluding steroid dienone is 1. The SMILES string of the molecule is C=CCn1c(C)cc(C(=O)COC(=O)/C(=C/c2ccccc2)n2nnnc2C)c1C. The molecule has 0 saturated heterocycles. The van der Waals surface area contributed by atoms with Crippen molar-refractivity contribution < 1.29 is 14.3 Å². The number of esters is 1. The van der Waals surface area contributed by atoms with Crippen LogP contribution in [-0.4, -0.2) is 43.1 Å². The smallest absolute Gasteiger partial charge is 0.357 e. The Hall–Kier alpha value is -3.81. The van der Waals surface area contributed by atoms with E-state index in [2.05, 4.69) is 22.1 Å². The van der Waals surface area contributed by atoms with Crippen molar-refractivity contribution in [1.82, 2.24) is 24.8 Å². The first-order chi connectivity index (χ1) is 14.4. The van der Waals surface area contributed by atoms with Gasteiger partial charge in [-0.1, -0.05) is 36.4 Å². The molecule has 0 radical (unpaired) electrons. The fraction of sp³-hybridized carbons (Fsp3) is 0.227. The summed E-state index contributed by atoms with van der Waals surface area (Å²) in [7, 11) is 0. The number of hydrogen-bond donors (Lipinski definition) is 0. The van der Waals surface area contributed by atoms with E-state index >= 15 is 0 Å². The van der Waals surface area contributed by atoms with Crippen LogP contribution in [0, 0.1) is 20.8 Å². The fourth-order valence-corrected chi connectivity index (χ4v) is 3.14. The molecule has 0 aliphatic heterocycles. The van der Waals surface area contributed by atoms with E-state index in [0.717, 1.165) is 17.0 Å². The maximum atomic E-state index is 12.8. The van der Waals surface area contributed by atoms with Gasteiger partial charge in [0.2, 0.25) is 5.78 Å². The Bertz CT molecular complexity index is 1110. The lowest BCUT2D eigenvalue weighted by Crippen LogP contribution is -2.19. The van der Waals surface area contributed by atoms with E-state index in [9.17, 15) is 9.59 Å². The van der Waals surface area contributed by atoms with E-state index < -0.39 is 5.97 Å². The number of hydrogen-bond acceptors (Lipinski definition) is 6. The van der Waals surface area contributed by atoms with Crippen LogP contribution >= 0.6 is 0 Å². The normalized spacial score (nSPS) is 11.4. The molecule has 0 unspecified atom stereocenters. The fourth-order valence-electron chi connectivity index (χ4n) is 3.14. The third kappa shape index (κ3) is 4.43. The second-order valence-corrected chi connectivity index (χ2v) is 6.76. The van der Waals surface area contributed by atoms with Gasteiger partial charge in [0.1, 0.15) is 0 Å². The minimum absolute atomic E-state index is 0.119. The molecule has 30 heavy (non-hydrogen) atoms. The van der Waals surface area contributed by atoms with Crippen molar-refractivity contribution in [3.63, 3.8) is 0 Å². The van der Waals surface area contributed by atoms with Gasteiger partial charge in [0, 0.05) is 23.5 Å². The third-order valence-electron chi connectivity index (χ3n) is 4.69. The molecule has 0 amide bonds. The highest BCUT2D eigenvalue weighted by Crippen LogP contribution is 2.17. The molecular weight excluding hydrogens is 382 g/mol. The van der Waals surface area contributed by atoms with Crippen LogP contribution in [0.1, 0.15) is 33.1 Å². The molecule has 154 valence electrons. The minimum Gasteiger partial charge on any atom is -0.453 e. The summed E-state index contributed by atoms with van der Waals surface area (Å²) in [6.07, 6.45) is 3.38. The number of rotatable bonds is 8. The molecule has 0 spiro atoms. The Balaban J connectivity index is 1.81. The summed E-state index contributed by atoms with van der Waals surface area (Å²) in [6.45, 7) is 9.40. The van der Waals surface area contributed by atoms with Gasteiger partial charge in [-0.15, -0.1) is 11.7 Å². The average Bonchev–Trinajstić information content (AvgIpc) is 3.29. The zero-order chi connectivity index (χ0) is 21.7. The van der Waals surface area contributed by atoms with Gasteiger partial charge in [0.25, 0.3) is 0 Å². The van der Waals surface area contributed by atoms with Crippen LogP contribution in [0.2, 0.25) is 0 Å². The number of ether oxygens (including phenoxy) is 1. The number of carbonyl (C=O) groups is 2. The number of carbonyl (C=O) groups excluding carboxylic acids is 2. The van der Waals surface area contributed by atoms with Crippen molar-refractivity contribution in [2.75, 3.05) is 6.61 Å². The van der Waals surface area contributed by atoms with E-state index in [1.807, 2.05) is 48.7 Å². The molecule has 0 atom stereocenters. The first-order valence-corrected chi connectivity index (χ1v) is 9.42. The van der Waals surface area contributed by atoms with Crippen LogP contribution < -0.4 is 0 Å². The largest absolute Gasteiger partial charge is 0.453 e. The first kappa shape index (κ1) is 20.9. The Kier molecular flexibility index (Phi) is 6.36. The third-order valence-corrected chi connectivity index (χ3v) is 4.69. The van der Waals surface area contributed by atoms with Crippen LogP contribution in [0.3, 0.4) is 0 Å². The number of benzene rings is 1. The zero-order valence-corrected chi connectivity index (χ0v) is 17.2. The Labute approximate surface area is 174 Å². The molecule has 8 nitrogen and oxygen atoms in total. The number of ketones is 1. The zero-order valence-electron chi connectivity index (χ0n) is 17.2. The van der Waals surface area contributed by atoms with Crippen LogP contribution in [0.25, 0.3) is 11.8 Å². The van der Waals surface area contributed by atoms with E-state index in [1.165, 1.54) is 4.68 Å². The first-order valence-electron chi connectivity index (χ1n) is 9.42. The highest BCUT2D eigenvalue weighted by molar-refractivity contribution is 6.16. The van der Waals surface area contributed by atoms with Gasteiger partial charge >= 0.3 is 5.97 Å². The summed E-state index contributed by atoms with van der Waals surface area (Å²) in [6, 6.07) is 11.0. The van der Waals surface area contributed by atoms with Gasteiger partial charge in [-0.05, 0) is 48.9 Å². The summed E-state index contributed by atoms with van der Waals surface area (Å²) < 4.78 is 8.60. The van der Waals surface area contributed by atoms with Crippen molar-refractivity contribution >= 4 is 23.5 Å². The number of Topliss-reactive ketones (excluding diaryl/α,β-unsaturated/α-hetero) is 1. The Morgan fingerprint density at radius 2 is 1.90 bits per heavy atom. The quantitative estimate of drug-likeness (QED) is 0.248. The van der Waals surface area contributed by atoms with Crippen molar-refractivity contribution in [1.29, 1.82) is 0 Å². The monoisotopic (exact) mass is 405 g/mol. The van der Waals surface area contributed by atoms with Crippen molar-refractivity contribution in [2.24, 2.45) is 0 Å². The Morgan fingerprint density at radius 1 is 1.17 bits per heavy atom. The molecule has 8 heteroatoms. The van der Waals surface area contributed by atoms with Crippen molar-refractivity contribution in [3.05, 3.63) is 77.4 Å². The van der Waals surface area contributed by atoms with Gasteiger partial charge in [-0.25, -0.2) is 4.79 Å². The molecule has 3 aromatic rings. The summed E-state index contributed by atoms with van der Waals surface area (Å²) in [5.74, 6) is -0.546. The number of nitrogens with zero attached hydrogens (tertiary/aromatic N) is 5. The summed E-state index contributed by atoms with van der Waals surface area (Å²) in [5.41, 5.74) is 3.17. The van der Waals surface area contributed by atoms with Crippen molar-refractivity contribution in [2.45, 2.75) is 27.3 Å². The standard InChI is InChI=1S/C22H23N5O3/c1-5-11-26-15(2)12-19(16(26)3)21(28)14-30-22(29)20(27-17(4)23-24-25-27)13-18-9-7-6-8-10-18/h5-10,12-13H,1,11,14H2,2-4H3/b20-13-. The van der Waals surface area contributed by atoms with Gasteiger partial charge in [0.15, 0.2) is 18.1 Å². The van der Waals surface area contributed by atoms with Crippen LogP contribution in [0.15, 0.2) is 49.1 Å². The number of aromatic nitrogens is 5. The molecule has 2 heterocycles. The molecule has 0 saturated carbocycles. The highest BCUT2D eigenvalue weighted by atomic mass is 16.5. The summed E-state index contributed by atoms with van der Waals surface area (Å²) in [4.78, 5) is 25.5. The molecule has 0 aliphatic carbocycles. The van der Waals surface area contributed by atoms with Gasteiger partial charge in [0.05, 0.1) is 0 Å². The predicted octanol–water partition coefficient (Wildman–Crippen LogP) is 3.01. The van der Waals surface area contributed by atoms with E-state index in [-0.39, 0.29) is 18.1 Å². The topological polar surface area (TPSA) is 91.9 Å². The number of aryl methyl sites for hydroxylation is 2. The maximum Gasteiger partial charge on any atom is 0.357 e. The second kappa shape index (κ2) is 9.13. The second-order valence-electron chi connectivity index (χ2n) is 6.76. The minimum atomic E-state index is -0.692. The lowest BCUT2D eigenvalue weighted by atomic mass is 10.1. The molecule has 1 aromatic carbocycles. The van der Waals surface area contributed by atoms with E-state index in [0.29, 0.717) is 17.9 Å². The molecule has 0 bridgehead atoms. The predicted molar refractivity (Wildman–Crippen MR) is 113 cm³/mol. The molecule has 2 aromatic heterocycles. The Morgan fingerprint density at radius 3 is 2.53 bits per heavy atom. The van der Waals surface area contributed by atoms with E-state index in [1.54, 1.807) is 25.1 Å². The van der Waals surface area contributed by atoms with Gasteiger partial charge in [-0.2, -0.15) is 4.68 Å². The van der Waals surface area contributed by atoms with Crippen LogP contribution in [0.5, 0.6) is 0 Å². The lowest BCUT2D eigenvalue weighted by molar-refractivity contribution is -0.136. The highest BCUT2D eigenvalue weighted by Gasteiger charge is 2.21.